The van der Waals surface area contributed by atoms with Crippen molar-refractivity contribution in [3.05, 3.63) is 65.5 Å². The highest BCUT2D eigenvalue weighted by atomic mass is 16.5. The number of pyridine rings is 1. The Kier molecular flexibility index (Phi) is 3.86. The van der Waals surface area contributed by atoms with Gasteiger partial charge in [0.05, 0.1) is 17.3 Å². The molecule has 5 aliphatic rings. The Morgan fingerprint density at radius 3 is 2.91 bits per heavy atom. The highest BCUT2D eigenvalue weighted by molar-refractivity contribution is 5.82. The average Bonchev–Trinajstić information content (AvgIpc) is 3.31. The monoisotopic (exact) mass is 427 g/mol. The van der Waals surface area contributed by atoms with Gasteiger partial charge in [-0.15, -0.1) is 0 Å². The first-order valence-corrected chi connectivity index (χ1v) is 12.6. The van der Waals surface area contributed by atoms with Gasteiger partial charge in [0.2, 0.25) is 0 Å². The number of aliphatic hydroxyl groups is 1. The molecule has 2 spiro atoms. The Bertz CT molecular complexity index is 1180. The summed E-state index contributed by atoms with van der Waals surface area (Å²) >= 11 is 0. The van der Waals surface area contributed by atoms with Gasteiger partial charge in [0.25, 0.3) is 0 Å². The first kappa shape index (κ1) is 19.5. The summed E-state index contributed by atoms with van der Waals surface area (Å²) in [5, 5.41) is 13.0. The molecular weight excluding hydrogens is 394 g/mol. The smallest absolute Gasteiger partial charge is 0.0946 e. The van der Waals surface area contributed by atoms with Gasteiger partial charge in [0.1, 0.15) is 0 Å². The van der Waals surface area contributed by atoms with Crippen molar-refractivity contribution in [1.29, 1.82) is 0 Å². The summed E-state index contributed by atoms with van der Waals surface area (Å²) in [6, 6.07) is 9.15. The minimum Gasteiger partial charge on any atom is -0.389 e. The number of aliphatic hydroxyl groups excluding tert-OH is 1. The van der Waals surface area contributed by atoms with Crippen molar-refractivity contribution >= 4 is 10.8 Å². The number of aromatic nitrogens is 1. The standard InChI is InChI=1S/C29H33NO2/c1-18-16-28-10-11-29(32-28)22(14-23(28)15-25(18)31)7-9-27(2)24(5-6-26(27)29)20-4-3-19-8-12-30-17-21(19)13-20/h3-4,8,12-15,17-18,24-26,31H,5-7,9-11,16H2,1-2H3. The molecule has 3 fully saturated rings. The van der Waals surface area contributed by atoms with Crippen LogP contribution in [-0.2, 0) is 4.74 Å². The zero-order valence-electron chi connectivity index (χ0n) is 19.2. The molecule has 0 radical (unpaired) electrons. The number of hydrogen-bond acceptors (Lipinski definition) is 3. The lowest BCUT2D eigenvalue weighted by Crippen LogP contribution is -2.55. The molecule has 166 valence electrons. The summed E-state index contributed by atoms with van der Waals surface area (Å²) in [5.41, 5.74) is 4.29. The largest absolute Gasteiger partial charge is 0.389 e. The molecule has 2 bridgehead atoms. The van der Waals surface area contributed by atoms with Crippen molar-refractivity contribution in [1.82, 2.24) is 4.98 Å². The number of ether oxygens (including phenoxy) is 1. The van der Waals surface area contributed by atoms with Gasteiger partial charge in [-0.1, -0.05) is 32.1 Å². The molecular formula is C29H33NO2. The Morgan fingerprint density at radius 1 is 1.09 bits per heavy atom. The maximum atomic E-state index is 10.5. The third-order valence-electron chi connectivity index (χ3n) is 10.2. The van der Waals surface area contributed by atoms with Gasteiger partial charge in [0, 0.05) is 17.8 Å². The predicted octanol–water partition coefficient (Wildman–Crippen LogP) is 6.08. The van der Waals surface area contributed by atoms with Crippen LogP contribution in [0, 0.1) is 17.3 Å². The van der Waals surface area contributed by atoms with Crippen LogP contribution < -0.4 is 0 Å². The summed E-state index contributed by atoms with van der Waals surface area (Å²) < 4.78 is 7.28. The zero-order chi connectivity index (χ0) is 21.7. The maximum Gasteiger partial charge on any atom is 0.0946 e. The predicted molar refractivity (Wildman–Crippen MR) is 126 cm³/mol. The van der Waals surface area contributed by atoms with Crippen molar-refractivity contribution in [2.75, 3.05) is 0 Å². The first-order valence-electron chi connectivity index (χ1n) is 12.6. The first-order chi connectivity index (χ1) is 15.4. The number of hydrogen-bond donors (Lipinski definition) is 1. The van der Waals surface area contributed by atoms with Crippen molar-refractivity contribution in [2.45, 2.75) is 82.0 Å². The van der Waals surface area contributed by atoms with Crippen molar-refractivity contribution in [3.8, 4) is 0 Å². The fraction of sp³-hybridized carbons (Fsp3) is 0.552. The van der Waals surface area contributed by atoms with Crippen LogP contribution in [0.5, 0.6) is 0 Å². The van der Waals surface area contributed by atoms with Crippen LogP contribution in [0.2, 0.25) is 0 Å². The normalized spacial score (nSPS) is 44.5. The molecule has 1 aromatic heterocycles. The highest BCUT2D eigenvalue weighted by Gasteiger charge is 2.67. The molecule has 7 atom stereocenters. The van der Waals surface area contributed by atoms with Gasteiger partial charge >= 0.3 is 0 Å². The van der Waals surface area contributed by atoms with E-state index in [1.54, 1.807) is 0 Å². The molecule has 1 aromatic carbocycles. The molecule has 2 aliphatic heterocycles. The average molecular weight is 428 g/mol. The van der Waals surface area contributed by atoms with Crippen LogP contribution >= 0.6 is 0 Å². The van der Waals surface area contributed by atoms with E-state index in [-0.39, 0.29) is 28.6 Å². The third-order valence-corrected chi connectivity index (χ3v) is 10.2. The lowest BCUT2D eigenvalue weighted by molar-refractivity contribution is -0.147. The number of rotatable bonds is 1. The van der Waals surface area contributed by atoms with E-state index >= 15 is 0 Å². The second kappa shape index (κ2) is 6.33. The Labute approximate surface area is 190 Å². The number of fused-ring (bicyclic) bond motifs is 2. The van der Waals surface area contributed by atoms with Crippen LogP contribution in [-0.4, -0.2) is 27.4 Å². The lowest BCUT2D eigenvalue weighted by atomic mass is 9.56. The van der Waals surface area contributed by atoms with E-state index in [1.807, 2.05) is 12.4 Å². The summed E-state index contributed by atoms with van der Waals surface area (Å²) in [6.07, 6.45) is 16.2. The molecule has 1 N–H and O–H groups in total. The summed E-state index contributed by atoms with van der Waals surface area (Å²) in [4.78, 5) is 4.36. The summed E-state index contributed by atoms with van der Waals surface area (Å²) in [6.45, 7) is 4.73. The molecule has 3 aliphatic carbocycles. The minimum absolute atomic E-state index is 0.0838. The fourth-order valence-corrected chi connectivity index (χ4v) is 8.53. The molecule has 2 saturated carbocycles. The molecule has 2 aromatic rings. The van der Waals surface area contributed by atoms with Gasteiger partial charge in [-0.05, 0) is 108 Å². The Morgan fingerprint density at radius 2 is 2.00 bits per heavy atom. The molecule has 7 unspecified atom stereocenters. The third kappa shape index (κ3) is 2.37. The highest BCUT2D eigenvalue weighted by Crippen LogP contribution is 2.70. The van der Waals surface area contributed by atoms with Crippen LogP contribution in [0.4, 0.5) is 0 Å². The van der Waals surface area contributed by atoms with Gasteiger partial charge in [-0.2, -0.15) is 0 Å². The maximum absolute atomic E-state index is 10.5. The van der Waals surface area contributed by atoms with Crippen LogP contribution in [0.15, 0.2) is 60.0 Å². The minimum atomic E-state index is -0.337. The molecule has 3 heterocycles. The number of nitrogens with zero attached hydrogens (tertiary/aromatic N) is 1. The summed E-state index contributed by atoms with van der Waals surface area (Å²) in [7, 11) is 0. The SMILES string of the molecule is CC1CC23CCC4(O2)C(=CC3=CC1O)CCC1(C)C(c2ccc3ccncc3c2)CCC41. The zero-order valence-corrected chi connectivity index (χ0v) is 19.2. The molecule has 32 heavy (non-hydrogen) atoms. The van der Waals surface area contributed by atoms with Crippen molar-refractivity contribution < 1.29 is 9.84 Å². The lowest BCUT2D eigenvalue weighted by Gasteiger charge is -2.55. The van der Waals surface area contributed by atoms with E-state index in [2.05, 4.69) is 55.2 Å². The Balaban J connectivity index is 1.30. The quantitative estimate of drug-likeness (QED) is 0.599. The van der Waals surface area contributed by atoms with Gasteiger partial charge in [-0.3, -0.25) is 4.98 Å². The van der Waals surface area contributed by atoms with E-state index in [0.717, 1.165) is 25.7 Å². The molecule has 1 saturated heterocycles. The van der Waals surface area contributed by atoms with Crippen LogP contribution in [0.3, 0.4) is 0 Å². The van der Waals surface area contributed by atoms with E-state index < -0.39 is 0 Å². The second-order valence-corrected chi connectivity index (χ2v) is 11.6. The van der Waals surface area contributed by atoms with Gasteiger partial charge in [0.15, 0.2) is 0 Å². The number of benzene rings is 1. The Hall–Kier alpha value is -1.97. The van der Waals surface area contributed by atoms with E-state index in [0.29, 0.717) is 11.8 Å². The fourth-order valence-electron chi connectivity index (χ4n) is 8.53. The topological polar surface area (TPSA) is 42.4 Å². The van der Waals surface area contributed by atoms with Gasteiger partial charge in [-0.25, -0.2) is 0 Å². The van der Waals surface area contributed by atoms with Crippen LogP contribution in [0.25, 0.3) is 10.8 Å². The summed E-state index contributed by atoms with van der Waals surface area (Å²) in [5.74, 6) is 1.42. The molecule has 7 rings (SSSR count). The van der Waals surface area contributed by atoms with Gasteiger partial charge < -0.3 is 9.84 Å². The molecule has 3 heteroatoms. The second-order valence-electron chi connectivity index (χ2n) is 11.6. The van der Waals surface area contributed by atoms with Crippen molar-refractivity contribution in [2.24, 2.45) is 17.3 Å². The van der Waals surface area contributed by atoms with E-state index in [9.17, 15) is 5.11 Å². The molecule has 0 amide bonds. The molecule has 3 nitrogen and oxygen atoms in total. The van der Waals surface area contributed by atoms with E-state index in [4.69, 9.17) is 4.74 Å². The van der Waals surface area contributed by atoms with Crippen LogP contribution in [0.1, 0.15) is 70.3 Å². The van der Waals surface area contributed by atoms with E-state index in [1.165, 1.54) is 46.7 Å². The van der Waals surface area contributed by atoms with Crippen molar-refractivity contribution in [3.63, 3.8) is 0 Å².